The molecule has 0 bridgehead atoms. The van der Waals surface area contributed by atoms with Crippen molar-refractivity contribution >= 4 is 8.56 Å². The third kappa shape index (κ3) is 3.62. The molecule has 0 unspecified atom stereocenters. The van der Waals surface area contributed by atoms with Crippen LogP contribution in [0.5, 0.6) is 0 Å². The minimum absolute atomic E-state index is 0.786. The van der Waals surface area contributed by atoms with Crippen molar-refractivity contribution in [1.82, 2.24) is 0 Å². The summed E-state index contributed by atoms with van der Waals surface area (Å²) in [5, 5.41) is 0. The van der Waals surface area contributed by atoms with E-state index in [9.17, 15) is 0 Å². The predicted octanol–water partition coefficient (Wildman–Crippen LogP) is 5.17. The Balaban J connectivity index is 2.13. The highest BCUT2D eigenvalue weighted by Gasteiger charge is 2.53. The summed E-state index contributed by atoms with van der Waals surface area (Å²) >= 11 is 0. The average molecular weight is 285 g/mol. The van der Waals surface area contributed by atoms with Crippen molar-refractivity contribution in [2.75, 3.05) is 13.2 Å². The Bertz CT molecular complexity index is 219. The quantitative estimate of drug-likeness (QED) is 0.572. The minimum Gasteiger partial charge on any atom is -0.394 e. The maximum atomic E-state index is 6.57. The standard InChI is InChI=1S/C16H32O2Si/c1-3-13-17-19(18-14-4-2,15-9-5-6-10-15)16-11-7-8-12-16/h15-16H,3-14H2,1-2H3. The van der Waals surface area contributed by atoms with Gasteiger partial charge < -0.3 is 8.85 Å². The van der Waals surface area contributed by atoms with Crippen LogP contribution < -0.4 is 0 Å². The maximum absolute atomic E-state index is 6.57. The first kappa shape index (κ1) is 15.5. The summed E-state index contributed by atoms with van der Waals surface area (Å²) in [6, 6.07) is 0. The summed E-state index contributed by atoms with van der Waals surface area (Å²) in [7, 11) is -1.97. The minimum atomic E-state index is -1.97. The van der Waals surface area contributed by atoms with Gasteiger partial charge in [-0.2, -0.15) is 0 Å². The lowest BCUT2D eigenvalue weighted by molar-refractivity contribution is 0.147. The fraction of sp³-hybridized carbons (Fsp3) is 1.00. The zero-order valence-electron chi connectivity index (χ0n) is 13.0. The molecule has 0 saturated heterocycles. The molecular weight excluding hydrogens is 252 g/mol. The summed E-state index contributed by atoms with van der Waals surface area (Å²) in [6.45, 7) is 6.29. The lowest BCUT2D eigenvalue weighted by atomic mass is 10.3. The fourth-order valence-corrected chi connectivity index (χ4v) is 9.19. The molecule has 0 atom stereocenters. The Hall–Kier alpha value is 0.137. The summed E-state index contributed by atoms with van der Waals surface area (Å²) < 4.78 is 13.1. The highest BCUT2D eigenvalue weighted by Crippen LogP contribution is 2.51. The van der Waals surface area contributed by atoms with Crippen LogP contribution in [0.2, 0.25) is 11.1 Å². The van der Waals surface area contributed by atoms with Crippen molar-refractivity contribution < 1.29 is 8.85 Å². The van der Waals surface area contributed by atoms with E-state index in [-0.39, 0.29) is 0 Å². The van der Waals surface area contributed by atoms with Crippen molar-refractivity contribution in [3.8, 4) is 0 Å². The topological polar surface area (TPSA) is 18.5 Å². The van der Waals surface area contributed by atoms with Gasteiger partial charge in [0.2, 0.25) is 0 Å². The average Bonchev–Trinajstić information content (AvgIpc) is 3.12. The van der Waals surface area contributed by atoms with E-state index in [1.807, 2.05) is 0 Å². The van der Waals surface area contributed by atoms with Gasteiger partial charge in [0.25, 0.3) is 0 Å². The molecule has 0 N–H and O–H groups in total. The molecule has 0 spiro atoms. The van der Waals surface area contributed by atoms with Gasteiger partial charge in [-0.25, -0.2) is 0 Å². The van der Waals surface area contributed by atoms with Gasteiger partial charge >= 0.3 is 8.56 Å². The maximum Gasteiger partial charge on any atom is 0.344 e. The molecule has 0 radical (unpaired) electrons. The molecule has 2 aliphatic carbocycles. The van der Waals surface area contributed by atoms with Crippen molar-refractivity contribution in [2.24, 2.45) is 0 Å². The largest absolute Gasteiger partial charge is 0.394 e. The van der Waals surface area contributed by atoms with E-state index in [0.29, 0.717) is 0 Å². The molecule has 0 aromatic heterocycles. The van der Waals surface area contributed by atoms with Crippen molar-refractivity contribution in [3.63, 3.8) is 0 Å². The van der Waals surface area contributed by atoms with Gasteiger partial charge in [0.15, 0.2) is 0 Å². The first-order valence-electron chi connectivity index (χ1n) is 8.61. The van der Waals surface area contributed by atoms with Gasteiger partial charge in [0, 0.05) is 24.3 Å². The lowest BCUT2D eigenvalue weighted by Gasteiger charge is -2.40. The van der Waals surface area contributed by atoms with Crippen molar-refractivity contribution in [1.29, 1.82) is 0 Å². The van der Waals surface area contributed by atoms with Crippen LogP contribution in [0.15, 0.2) is 0 Å². The van der Waals surface area contributed by atoms with Crippen LogP contribution in [0.25, 0.3) is 0 Å². The molecule has 112 valence electrons. The Morgan fingerprint density at radius 3 is 1.42 bits per heavy atom. The summed E-state index contributed by atoms with van der Waals surface area (Å²) in [5.74, 6) is 0. The van der Waals surface area contributed by atoms with Crippen LogP contribution in [-0.4, -0.2) is 21.8 Å². The van der Waals surface area contributed by atoms with Gasteiger partial charge in [-0.15, -0.1) is 0 Å². The summed E-state index contributed by atoms with van der Waals surface area (Å²) in [6.07, 6.45) is 13.3. The smallest absolute Gasteiger partial charge is 0.344 e. The Morgan fingerprint density at radius 1 is 0.737 bits per heavy atom. The molecule has 19 heavy (non-hydrogen) atoms. The number of hydrogen-bond acceptors (Lipinski definition) is 2. The van der Waals surface area contributed by atoms with Crippen LogP contribution in [0.4, 0.5) is 0 Å². The SMILES string of the molecule is CCCO[Si](OCCC)(C1CCCC1)C1CCCC1. The first-order valence-corrected chi connectivity index (χ1v) is 10.6. The van der Waals surface area contributed by atoms with Crippen molar-refractivity contribution in [3.05, 3.63) is 0 Å². The molecule has 0 amide bonds. The Kier molecular flexibility index (Phi) is 6.37. The molecule has 0 aromatic rings. The summed E-state index contributed by atoms with van der Waals surface area (Å²) in [5.41, 5.74) is 1.57. The van der Waals surface area contributed by atoms with Crippen LogP contribution in [0, 0.1) is 0 Å². The molecule has 2 aliphatic rings. The predicted molar refractivity (Wildman–Crippen MR) is 82.7 cm³/mol. The molecule has 0 aliphatic heterocycles. The van der Waals surface area contributed by atoms with E-state index in [1.54, 1.807) is 0 Å². The Morgan fingerprint density at radius 2 is 1.11 bits per heavy atom. The van der Waals surface area contributed by atoms with E-state index in [1.165, 1.54) is 51.4 Å². The summed E-state index contributed by atoms with van der Waals surface area (Å²) in [4.78, 5) is 0. The van der Waals surface area contributed by atoms with E-state index < -0.39 is 8.56 Å². The zero-order valence-corrected chi connectivity index (χ0v) is 14.0. The van der Waals surface area contributed by atoms with E-state index in [4.69, 9.17) is 8.85 Å². The molecule has 0 heterocycles. The van der Waals surface area contributed by atoms with Gasteiger partial charge in [0.05, 0.1) is 0 Å². The second-order valence-electron chi connectivity index (χ2n) is 6.38. The van der Waals surface area contributed by atoms with Gasteiger partial charge in [0.1, 0.15) is 0 Å². The fourth-order valence-electron chi connectivity index (χ4n) is 4.03. The van der Waals surface area contributed by atoms with Gasteiger partial charge in [-0.3, -0.25) is 0 Å². The van der Waals surface area contributed by atoms with Gasteiger partial charge in [-0.1, -0.05) is 39.5 Å². The second kappa shape index (κ2) is 7.80. The van der Waals surface area contributed by atoms with Crippen molar-refractivity contribution in [2.45, 2.75) is 89.1 Å². The van der Waals surface area contributed by atoms with Gasteiger partial charge in [-0.05, 0) is 38.5 Å². The second-order valence-corrected chi connectivity index (χ2v) is 10.0. The highest BCUT2D eigenvalue weighted by molar-refractivity contribution is 6.70. The first-order chi connectivity index (χ1) is 9.33. The van der Waals surface area contributed by atoms with E-state index in [0.717, 1.165) is 37.1 Å². The molecule has 2 saturated carbocycles. The van der Waals surface area contributed by atoms with E-state index in [2.05, 4.69) is 13.8 Å². The molecule has 2 nitrogen and oxygen atoms in total. The van der Waals surface area contributed by atoms with Crippen LogP contribution in [0.1, 0.15) is 78.1 Å². The van der Waals surface area contributed by atoms with Crippen LogP contribution in [0.3, 0.4) is 0 Å². The molecule has 3 heteroatoms. The highest BCUT2D eigenvalue weighted by atomic mass is 28.4. The van der Waals surface area contributed by atoms with Crippen LogP contribution >= 0.6 is 0 Å². The zero-order chi connectivity index (χ0) is 13.6. The molecule has 2 fully saturated rings. The molecule has 0 aromatic carbocycles. The van der Waals surface area contributed by atoms with E-state index >= 15 is 0 Å². The monoisotopic (exact) mass is 284 g/mol. The Labute approximate surface area is 120 Å². The number of rotatable bonds is 8. The normalized spacial score (nSPS) is 22.4. The van der Waals surface area contributed by atoms with Crippen LogP contribution in [-0.2, 0) is 8.85 Å². The lowest BCUT2D eigenvalue weighted by Crippen LogP contribution is -2.50. The third-order valence-corrected chi connectivity index (χ3v) is 9.65. The number of hydrogen-bond donors (Lipinski definition) is 0. The molecular formula is C16H32O2Si. The molecule has 2 rings (SSSR count). The third-order valence-electron chi connectivity index (χ3n) is 4.91.